The Balaban J connectivity index is 2.03. The second kappa shape index (κ2) is 6.22. The monoisotopic (exact) mass is 292 g/mol. The Morgan fingerprint density at radius 1 is 1.14 bits per heavy atom. The number of aromatic nitrogens is 3. The largest absolute Gasteiger partial charge is 0.352 e. The van der Waals surface area contributed by atoms with Crippen molar-refractivity contribution in [2.24, 2.45) is 0 Å². The summed E-state index contributed by atoms with van der Waals surface area (Å²) in [7, 11) is 0. The van der Waals surface area contributed by atoms with Crippen LogP contribution in [0.3, 0.4) is 0 Å². The van der Waals surface area contributed by atoms with Gasteiger partial charge in [-0.3, -0.25) is 9.78 Å². The number of para-hydroxylation sites is 1. The molecule has 1 amide bonds. The summed E-state index contributed by atoms with van der Waals surface area (Å²) < 4.78 is 1.83. The number of rotatable bonds is 4. The maximum atomic E-state index is 11.2. The number of nitrogens with one attached hydrogen (secondary N) is 1. The molecule has 0 unspecified atom stereocenters. The van der Waals surface area contributed by atoms with Crippen molar-refractivity contribution in [3.63, 3.8) is 0 Å². The van der Waals surface area contributed by atoms with Crippen LogP contribution in [-0.4, -0.2) is 20.7 Å². The molecule has 0 atom stereocenters. The van der Waals surface area contributed by atoms with Gasteiger partial charge in [-0.1, -0.05) is 18.2 Å². The highest BCUT2D eigenvalue weighted by Gasteiger charge is 2.12. The Labute approximate surface area is 128 Å². The molecule has 22 heavy (non-hydrogen) atoms. The van der Waals surface area contributed by atoms with Crippen LogP contribution in [-0.2, 0) is 11.3 Å². The summed E-state index contributed by atoms with van der Waals surface area (Å²) in [5, 5.41) is 7.50. The standard InChI is InChI=1S/C17H16N4O/c1-13(22)19-11-15-12-21(16-5-3-2-4-6-16)20-17(15)14-7-9-18-10-8-14/h2-10,12H,11H2,1H3,(H,19,22). The van der Waals surface area contributed by atoms with Crippen LogP contribution in [0.1, 0.15) is 12.5 Å². The van der Waals surface area contributed by atoms with E-state index in [1.54, 1.807) is 12.4 Å². The molecule has 0 saturated carbocycles. The second-order valence-electron chi connectivity index (χ2n) is 4.93. The van der Waals surface area contributed by atoms with Gasteiger partial charge in [0.15, 0.2) is 0 Å². The van der Waals surface area contributed by atoms with E-state index in [4.69, 9.17) is 0 Å². The van der Waals surface area contributed by atoms with E-state index in [0.717, 1.165) is 22.5 Å². The van der Waals surface area contributed by atoms with Gasteiger partial charge in [-0.05, 0) is 24.3 Å². The molecule has 3 rings (SSSR count). The molecule has 0 saturated heterocycles. The molecule has 5 nitrogen and oxygen atoms in total. The van der Waals surface area contributed by atoms with E-state index in [9.17, 15) is 4.79 Å². The van der Waals surface area contributed by atoms with Crippen LogP contribution < -0.4 is 5.32 Å². The molecule has 3 aromatic rings. The first-order chi connectivity index (χ1) is 10.7. The van der Waals surface area contributed by atoms with Gasteiger partial charge in [-0.2, -0.15) is 5.10 Å². The highest BCUT2D eigenvalue weighted by molar-refractivity contribution is 5.73. The quantitative estimate of drug-likeness (QED) is 0.804. The summed E-state index contributed by atoms with van der Waals surface area (Å²) >= 11 is 0. The minimum absolute atomic E-state index is 0.0619. The van der Waals surface area contributed by atoms with Crippen molar-refractivity contribution in [2.45, 2.75) is 13.5 Å². The van der Waals surface area contributed by atoms with Gasteiger partial charge in [-0.25, -0.2) is 4.68 Å². The van der Waals surface area contributed by atoms with E-state index >= 15 is 0 Å². The fraction of sp³-hybridized carbons (Fsp3) is 0.118. The number of benzene rings is 1. The van der Waals surface area contributed by atoms with Crippen molar-refractivity contribution >= 4 is 5.91 Å². The number of carbonyl (C=O) groups is 1. The van der Waals surface area contributed by atoms with Crippen molar-refractivity contribution in [2.75, 3.05) is 0 Å². The lowest BCUT2D eigenvalue weighted by atomic mass is 10.1. The summed E-state index contributed by atoms with van der Waals surface area (Å²) in [6.45, 7) is 1.95. The summed E-state index contributed by atoms with van der Waals surface area (Å²) in [5.41, 5.74) is 3.77. The zero-order valence-corrected chi connectivity index (χ0v) is 12.2. The number of amides is 1. The van der Waals surface area contributed by atoms with Crippen LogP contribution >= 0.6 is 0 Å². The molecule has 1 aromatic carbocycles. The predicted molar refractivity (Wildman–Crippen MR) is 84.3 cm³/mol. The van der Waals surface area contributed by atoms with Crippen molar-refractivity contribution < 1.29 is 4.79 Å². The third kappa shape index (κ3) is 3.03. The van der Waals surface area contributed by atoms with Crippen LogP contribution in [0.15, 0.2) is 61.1 Å². The van der Waals surface area contributed by atoms with Crippen LogP contribution in [0, 0.1) is 0 Å². The molecule has 0 spiro atoms. The number of hydrogen-bond donors (Lipinski definition) is 1. The fourth-order valence-corrected chi connectivity index (χ4v) is 2.22. The van der Waals surface area contributed by atoms with E-state index in [-0.39, 0.29) is 5.91 Å². The second-order valence-corrected chi connectivity index (χ2v) is 4.93. The number of hydrogen-bond acceptors (Lipinski definition) is 3. The molecule has 0 bridgehead atoms. The van der Waals surface area contributed by atoms with E-state index in [0.29, 0.717) is 6.54 Å². The Bertz CT molecular complexity index is 766. The molecule has 0 aliphatic heterocycles. The lowest BCUT2D eigenvalue weighted by Crippen LogP contribution is -2.18. The van der Waals surface area contributed by atoms with Gasteiger partial charge in [0, 0.05) is 43.2 Å². The average molecular weight is 292 g/mol. The highest BCUT2D eigenvalue weighted by Crippen LogP contribution is 2.23. The molecule has 2 heterocycles. The summed E-state index contributed by atoms with van der Waals surface area (Å²) in [5.74, 6) is -0.0619. The van der Waals surface area contributed by atoms with Gasteiger partial charge >= 0.3 is 0 Å². The highest BCUT2D eigenvalue weighted by atomic mass is 16.1. The third-order valence-electron chi connectivity index (χ3n) is 3.29. The molecule has 110 valence electrons. The Kier molecular flexibility index (Phi) is 3.96. The van der Waals surface area contributed by atoms with Crippen molar-refractivity contribution in [1.82, 2.24) is 20.1 Å². The van der Waals surface area contributed by atoms with Crippen LogP contribution in [0.25, 0.3) is 16.9 Å². The first kappa shape index (κ1) is 14.0. The Morgan fingerprint density at radius 2 is 1.86 bits per heavy atom. The number of nitrogens with zero attached hydrogens (tertiary/aromatic N) is 3. The van der Waals surface area contributed by atoms with Crippen molar-refractivity contribution in [3.8, 4) is 16.9 Å². The SMILES string of the molecule is CC(=O)NCc1cn(-c2ccccc2)nc1-c1ccncc1. The first-order valence-corrected chi connectivity index (χ1v) is 7.03. The maximum absolute atomic E-state index is 11.2. The van der Waals surface area contributed by atoms with Gasteiger partial charge in [0.05, 0.1) is 11.4 Å². The number of pyridine rings is 1. The molecule has 0 fully saturated rings. The maximum Gasteiger partial charge on any atom is 0.217 e. The van der Waals surface area contributed by atoms with Gasteiger partial charge in [0.1, 0.15) is 0 Å². The molecule has 2 aromatic heterocycles. The van der Waals surface area contributed by atoms with Crippen molar-refractivity contribution in [3.05, 3.63) is 66.6 Å². The van der Waals surface area contributed by atoms with Crippen LogP contribution in [0.2, 0.25) is 0 Å². The van der Waals surface area contributed by atoms with E-state index in [1.165, 1.54) is 6.92 Å². The molecule has 1 N–H and O–H groups in total. The van der Waals surface area contributed by atoms with E-state index < -0.39 is 0 Å². The predicted octanol–water partition coefficient (Wildman–Crippen LogP) is 2.57. The van der Waals surface area contributed by atoms with Gasteiger partial charge in [0.25, 0.3) is 0 Å². The van der Waals surface area contributed by atoms with E-state index in [2.05, 4.69) is 15.4 Å². The molecular weight excluding hydrogens is 276 g/mol. The third-order valence-corrected chi connectivity index (χ3v) is 3.29. The lowest BCUT2D eigenvalue weighted by Gasteiger charge is -2.02. The molecule has 0 aliphatic rings. The minimum Gasteiger partial charge on any atom is -0.352 e. The Hall–Kier alpha value is -2.95. The normalized spacial score (nSPS) is 10.4. The van der Waals surface area contributed by atoms with Gasteiger partial charge in [-0.15, -0.1) is 0 Å². The average Bonchev–Trinajstić information content (AvgIpc) is 2.99. The van der Waals surface area contributed by atoms with Crippen LogP contribution in [0.4, 0.5) is 0 Å². The van der Waals surface area contributed by atoms with Crippen LogP contribution in [0.5, 0.6) is 0 Å². The summed E-state index contributed by atoms with van der Waals surface area (Å²) in [6, 6.07) is 13.7. The smallest absolute Gasteiger partial charge is 0.217 e. The minimum atomic E-state index is -0.0619. The molecule has 0 aliphatic carbocycles. The lowest BCUT2D eigenvalue weighted by molar-refractivity contribution is -0.119. The molecule has 0 radical (unpaired) electrons. The molecular formula is C17H16N4O. The van der Waals surface area contributed by atoms with E-state index in [1.807, 2.05) is 53.3 Å². The molecule has 5 heteroatoms. The fourth-order valence-electron chi connectivity index (χ4n) is 2.22. The summed E-state index contributed by atoms with van der Waals surface area (Å²) in [4.78, 5) is 15.2. The first-order valence-electron chi connectivity index (χ1n) is 7.03. The zero-order valence-electron chi connectivity index (χ0n) is 12.2. The number of carbonyl (C=O) groups excluding carboxylic acids is 1. The zero-order chi connectivity index (χ0) is 15.4. The van der Waals surface area contributed by atoms with Gasteiger partial charge in [0.2, 0.25) is 5.91 Å². The summed E-state index contributed by atoms with van der Waals surface area (Å²) in [6.07, 6.45) is 5.42. The Morgan fingerprint density at radius 3 is 2.55 bits per heavy atom. The van der Waals surface area contributed by atoms with Crippen molar-refractivity contribution in [1.29, 1.82) is 0 Å². The van der Waals surface area contributed by atoms with Gasteiger partial charge < -0.3 is 5.32 Å². The topological polar surface area (TPSA) is 59.8 Å².